The first kappa shape index (κ1) is 15.2. The Labute approximate surface area is 118 Å². The molecule has 0 aliphatic carbocycles. The molecule has 0 aromatic heterocycles. The van der Waals surface area contributed by atoms with Crippen LogP contribution < -0.4 is 5.32 Å². The number of nitrogens with one attached hydrogen (secondary N) is 1. The topological polar surface area (TPSA) is 32.3 Å². The maximum absolute atomic E-state index is 12.0. The summed E-state index contributed by atoms with van der Waals surface area (Å²) in [6.07, 6.45) is 0.557. The summed E-state index contributed by atoms with van der Waals surface area (Å²) >= 11 is 3.41. The average molecular weight is 313 g/mol. The molecule has 1 amide bonds. The first-order chi connectivity index (χ1) is 8.54. The van der Waals surface area contributed by atoms with Gasteiger partial charge in [0.1, 0.15) is 0 Å². The second-order valence-electron chi connectivity index (χ2n) is 4.58. The number of amides is 1. The lowest BCUT2D eigenvalue weighted by atomic mass is 9.97. The van der Waals surface area contributed by atoms with Crippen molar-refractivity contribution in [3.8, 4) is 0 Å². The average Bonchev–Trinajstić information content (AvgIpc) is 2.36. The van der Waals surface area contributed by atoms with Gasteiger partial charge in [-0.2, -0.15) is 0 Å². The van der Waals surface area contributed by atoms with E-state index in [1.54, 1.807) is 4.90 Å². The molecule has 100 valence electrons. The van der Waals surface area contributed by atoms with Crippen LogP contribution in [-0.2, 0) is 4.79 Å². The van der Waals surface area contributed by atoms with Crippen molar-refractivity contribution in [2.75, 3.05) is 27.2 Å². The van der Waals surface area contributed by atoms with Crippen LogP contribution in [0.4, 0.5) is 0 Å². The van der Waals surface area contributed by atoms with Gasteiger partial charge in [0, 0.05) is 31.0 Å². The molecule has 1 aromatic carbocycles. The minimum Gasteiger partial charge on any atom is -0.344 e. The molecule has 0 aliphatic heterocycles. The van der Waals surface area contributed by atoms with Crippen molar-refractivity contribution in [2.45, 2.75) is 19.3 Å². The zero-order valence-electron chi connectivity index (χ0n) is 11.2. The maximum Gasteiger partial charge on any atom is 0.222 e. The van der Waals surface area contributed by atoms with Gasteiger partial charge in [-0.1, -0.05) is 35.0 Å². The molecule has 1 N–H and O–H groups in total. The van der Waals surface area contributed by atoms with Gasteiger partial charge in [0.05, 0.1) is 0 Å². The van der Waals surface area contributed by atoms with Crippen LogP contribution in [0.1, 0.15) is 24.8 Å². The number of hydrogen-bond acceptors (Lipinski definition) is 2. The Morgan fingerprint density at radius 3 is 2.56 bits per heavy atom. The molecule has 1 rings (SSSR count). The Kier molecular flexibility index (Phi) is 6.36. The summed E-state index contributed by atoms with van der Waals surface area (Å²) in [4.78, 5) is 13.8. The van der Waals surface area contributed by atoms with E-state index in [2.05, 4.69) is 40.3 Å². The lowest BCUT2D eigenvalue weighted by molar-refractivity contribution is -0.130. The van der Waals surface area contributed by atoms with Gasteiger partial charge >= 0.3 is 0 Å². The predicted molar refractivity (Wildman–Crippen MR) is 78.7 cm³/mol. The van der Waals surface area contributed by atoms with Gasteiger partial charge in [-0.05, 0) is 30.7 Å². The van der Waals surface area contributed by atoms with Crippen molar-refractivity contribution in [1.29, 1.82) is 0 Å². The minimum atomic E-state index is 0.195. The molecule has 0 bridgehead atoms. The highest BCUT2D eigenvalue weighted by Gasteiger charge is 2.14. The van der Waals surface area contributed by atoms with Crippen molar-refractivity contribution in [1.82, 2.24) is 10.2 Å². The Morgan fingerprint density at radius 1 is 1.39 bits per heavy atom. The van der Waals surface area contributed by atoms with E-state index in [4.69, 9.17) is 0 Å². The first-order valence-corrected chi connectivity index (χ1v) is 6.98. The third-order valence-corrected chi connectivity index (χ3v) is 3.57. The Hall–Kier alpha value is -0.870. The molecule has 0 aliphatic rings. The van der Waals surface area contributed by atoms with E-state index in [0.29, 0.717) is 6.42 Å². The van der Waals surface area contributed by atoms with Crippen molar-refractivity contribution >= 4 is 21.8 Å². The van der Waals surface area contributed by atoms with Crippen molar-refractivity contribution < 1.29 is 4.79 Å². The lowest BCUT2D eigenvalue weighted by Gasteiger charge is -2.19. The number of rotatable bonds is 6. The van der Waals surface area contributed by atoms with E-state index in [1.807, 2.05) is 26.2 Å². The second kappa shape index (κ2) is 7.54. The summed E-state index contributed by atoms with van der Waals surface area (Å²) in [5.74, 6) is 0.448. The van der Waals surface area contributed by atoms with Gasteiger partial charge < -0.3 is 10.2 Å². The number of hydrogen-bond donors (Lipinski definition) is 1. The molecule has 4 heteroatoms. The van der Waals surface area contributed by atoms with E-state index < -0.39 is 0 Å². The Morgan fingerprint density at radius 2 is 2.00 bits per heavy atom. The third-order valence-electron chi connectivity index (χ3n) is 3.04. The van der Waals surface area contributed by atoms with Crippen LogP contribution >= 0.6 is 15.9 Å². The van der Waals surface area contributed by atoms with Crippen LogP contribution in [0, 0.1) is 0 Å². The van der Waals surface area contributed by atoms with Crippen molar-refractivity contribution in [3.05, 3.63) is 34.3 Å². The van der Waals surface area contributed by atoms with Crippen LogP contribution in [0.5, 0.6) is 0 Å². The molecule has 1 atom stereocenters. The second-order valence-corrected chi connectivity index (χ2v) is 5.49. The number of carbonyl (C=O) groups is 1. The van der Waals surface area contributed by atoms with Gasteiger partial charge in [-0.3, -0.25) is 4.79 Å². The van der Waals surface area contributed by atoms with Gasteiger partial charge in [-0.15, -0.1) is 0 Å². The zero-order valence-corrected chi connectivity index (χ0v) is 12.8. The van der Waals surface area contributed by atoms with Gasteiger partial charge in [-0.25, -0.2) is 0 Å². The smallest absolute Gasteiger partial charge is 0.222 e. The molecule has 0 saturated carbocycles. The molecule has 0 spiro atoms. The molecule has 0 heterocycles. The Balaban J connectivity index is 2.51. The summed E-state index contributed by atoms with van der Waals surface area (Å²) in [5, 5.41) is 3.05. The highest BCUT2D eigenvalue weighted by molar-refractivity contribution is 9.10. The van der Waals surface area contributed by atoms with Gasteiger partial charge in [0.2, 0.25) is 5.91 Å². The summed E-state index contributed by atoms with van der Waals surface area (Å²) in [7, 11) is 3.75. The van der Waals surface area contributed by atoms with Gasteiger partial charge in [0.25, 0.3) is 0 Å². The molecule has 3 nitrogen and oxygen atoms in total. The summed E-state index contributed by atoms with van der Waals surface area (Å²) in [6.45, 7) is 3.67. The zero-order chi connectivity index (χ0) is 13.5. The molecular weight excluding hydrogens is 292 g/mol. The third kappa shape index (κ3) is 4.78. The van der Waals surface area contributed by atoms with E-state index in [-0.39, 0.29) is 11.8 Å². The lowest BCUT2D eigenvalue weighted by Crippen LogP contribution is -2.33. The fourth-order valence-electron chi connectivity index (χ4n) is 1.73. The highest BCUT2D eigenvalue weighted by atomic mass is 79.9. The molecule has 0 radical (unpaired) electrons. The summed E-state index contributed by atoms with van der Waals surface area (Å²) in [6, 6.07) is 8.16. The fraction of sp³-hybridized carbons (Fsp3) is 0.500. The van der Waals surface area contributed by atoms with E-state index >= 15 is 0 Å². The SMILES string of the molecule is CNCCN(C)C(=O)CC(C)c1ccc(Br)cc1. The van der Waals surface area contributed by atoms with Crippen LogP contribution in [-0.4, -0.2) is 38.0 Å². The Bertz CT molecular complexity index is 378. The fourth-order valence-corrected chi connectivity index (χ4v) is 2.00. The number of carbonyl (C=O) groups excluding carboxylic acids is 1. The standard InChI is InChI=1S/C14H21BrN2O/c1-11(12-4-6-13(15)7-5-12)10-14(18)17(3)9-8-16-2/h4-7,11,16H,8-10H2,1-3H3. The van der Waals surface area contributed by atoms with Crippen LogP contribution in [0.2, 0.25) is 0 Å². The van der Waals surface area contributed by atoms with Crippen LogP contribution in [0.3, 0.4) is 0 Å². The van der Waals surface area contributed by atoms with Crippen LogP contribution in [0.15, 0.2) is 28.7 Å². The first-order valence-electron chi connectivity index (χ1n) is 6.18. The molecular formula is C14H21BrN2O. The quantitative estimate of drug-likeness (QED) is 0.875. The molecule has 1 unspecified atom stereocenters. The van der Waals surface area contributed by atoms with E-state index in [0.717, 1.165) is 17.6 Å². The predicted octanol–water partition coefficient (Wildman–Crippen LogP) is 2.62. The van der Waals surface area contributed by atoms with Gasteiger partial charge in [0.15, 0.2) is 0 Å². The molecule has 1 aromatic rings. The largest absolute Gasteiger partial charge is 0.344 e. The number of benzene rings is 1. The molecule has 18 heavy (non-hydrogen) atoms. The van der Waals surface area contributed by atoms with Crippen molar-refractivity contribution in [3.63, 3.8) is 0 Å². The number of halogens is 1. The van der Waals surface area contributed by atoms with Crippen LogP contribution in [0.25, 0.3) is 0 Å². The minimum absolute atomic E-state index is 0.195. The summed E-state index contributed by atoms with van der Waals surface area (Å²) < 4.78 is 1.07. The normalized spacial score (nSPS) is 12.2. The summed E-state index contributed by atoms with van der Waals surface area (Å²) in [5.41, 5.74) is 1.20. The number of likely N-dealkylation sites (N-methyl/N-ethyl adjacent to an activating group) is 2. The molecule has 0 saturated heterocycles. The van der Waals surface area contributed by atoms with Crippen molar-refractivity contribution in [2.24, 2.45) is 0 Å². The van der Waals surface area contributed by atoms with E-state index in [9.17, 15) is 4.79 Å². The highest BCUT2D eigenvalue weighted by Crippen LogP contribution is 2.21. The number of nitrogens with zero attached hydrogens (tertiary/aromatic N) is 1. The van der Waals surface area contributed by atoms with E-state index in [1.165, 1.54) is 5.56 Å². The maximum atomic E-state index is 12.0. The monoisotopic (exact) mass is 312 g/mol. The molecule has 0 fully saturated rings.